The summed E-state index contributed by atoms with van der Waals surface area (Å²) in [4.78, 5) is 29.9. The van der Waals surface area contributed by atoms with Gasteiger partial charge in [-0.05, 0) is 25.7 Å². The monoisotopic (exact) mass is 254 g/mol. The van der Waals surface area contributed by atoms with E-state index in [1.54, 1.807) is 27.8 Å². The van der Waals surface area contributed by atoms with E-state index in [0.29, 0.717) is 0 Å². The number of nitrogens with zero attached hydrogens (tertiary/aromatic N) is 4. The van der Waals surface area contributed by atoms with Gasteiger partial charge in [0.25, 0.3) is 0 Å². The molecule has 1 heterocycles. The molecule has 1 rings (SSSR count). The number of rotatable bonds is 2. The van der Waals surface area contributed by atoms with Gasteiger partial charge < -0.3 is 14.7 Å². The molecule has 98 valence electrons. The van der Waals surface area contributed by atoms with Crippen molar-refractivity contribution in [3.05, 3.63) is 28.3 Å². The average Bonchev–Trinajstić information content (AvgIpc) is 2.63. The lowest BCUT2D eigenvalue weighted by Crippen LogP contribution is -2.23. The van der Waals surface area contributed by atoms with Crippen LogP contribution in [0.25, 0.3) is 0 Å². The number of aryl methyl sites for hydroxylation is 1. The fourth-order valence-electron chi connectivity index (χ4n) is 0.968. The Morgan fingerprint density at radius 3 is 2.56 bits per heavy atom. The molecule has 8 heteroatoms. The van der Waals surface area contributed by atoms with Crippen LogP contribution < -0.4 is 0 Å². The topological polar surface area (TPSA) is 99.6 Å². The molecule has 1 aromatic heterocycles. The van der Waals surface area contributed by atoms with E-state index in [4.69, 9.17) is 0 Å². The van der Waals surface area contributed by atoms with Crippen LogP contribution in [0, 0.1) is 15.5 Å². The quantitative estimate of drug-likeness (QED) is 0.257. The number of hydrogen-bond donors (Lipinski definition) is 0. The van der Waals surface area contributed by atoms with Crippen molar-refractivity contribution in [2.24, 2.45) is 17.6 Å². The summed E-state index contributed by atoms with van der Waals surface area (Å²) < 4.78 is 1.41. The Morgan fingerprint density at radius 2 is 2.17 bits per heavy atom. The predicted molar refractivity (Wildman–Crippen MR) is 62.3 cm³/mol. The largest absolute Gasteiger partial charge is 0.435 e. The van der Waals surface area contributed by atoms with Crippen molar-refractivity contribution >= 4 is 11.8 Å². The maximum atomic E-state index is 11.5. The minimum absolute atomic E-state index is 0.154. The first kappa shape index (κ1) is 13.8. The second-order valence-electron chi connectivity index (χ2n) is 4.69. The van der Waals surface area contributed by atoms with Crippen LogP contribution in [0.2, 0.25) is 0 Å². The molecular formula is C10H14N4O4. The van der Waals surface area contributed by atoms with Crippen molar-refractivity contribution in [2.75, 3.05) is 0 Å². The third-order valence-electron chi connectivity index (χ3n) is 2.05. The number of carbonyl (C=O) groups is 1. The van der Waals surface area contributed by atoms with E-state index in [0.717, 1.165) is 0 Å². The van der Waals surface area contributed by atoms with Gasteiger partial charge in [0.05, 0.1) is 17.9 Å². The highest BCUT2D eigenvalue weighted by Crippen LogP contribution is 2.15. The van der Waals surface area contributed by atoms with Crippen molar-refractivity contribution in [1.82, 2.24) is 9.55 Å². The summed E-state index contributed by atoms with van der Waals surface area (Å²) in [5, 5.41) is 14.2. The Labute approximate surface area is 103 Å². The van der Waals surface area contributed by atoms with E-state index in [9.17, 15) is 14.9 Å². The van der Waals surface area contributed by atoms with E-state index < -0.39 is 22.1 Å². The highest BCUT2D eigenvalue weighted by Gasteiger charge is 2.28. The smallest absolute Gasteiger partial charge is 0.358 e. The minimum atomic E-state index is -0.780. The molecule has 8 nitrogen and oxygen atoms in total. The molecule has 0 radical (unpaired) electrons. The highest BCUT2D eigenvalue weighted by atomic mass is 16.7. The summed E-state index contributed by atoms with van der Waals surface area (Å²) in [5.74, 6) is -1.21. The Hall–Kier alpha value is -2.25. The number of carbonyl (C=O) groups excluding carboxylic acids is 1. The first-order valence-electron chi connectivity index (χ1n) is 5.14. The predicted octanol–water partition coefficient (Wildman–Crippen LogP) is 0.948. The minimum Gasteiger partial charge on any atom is -0.358 e. The molecular weight excluding hydrogens is 240 g/mol. The zero-order valence-corrected chi connectivity index (χ0v) is 10.6. The number of aromatic nitrogens is 2. The Kier molecular flexibility index (Phi) is 3.79. The summed E-state index contributed by atoms with van der Waals surface area (Å²) in [6, 6.07) is 0. The second-order valence-corrected chi connectivity index (χ2v) is 4.69. The molecule has 18 heavy (non-hydrogen) atoms. The van der Waals surface area contributed by atoms with Gasteiger partial charge in [-0.15, -0.1) is 0 Å². The van der Waals surface area contributed by atoms with Crippen molar-refractivity contribution in [1.29, 1.82) is 0 Å². The van der Waals surface area contributed by atoms with Crippen LogP contribution in [-0.4, -0.2) is 26.3 Å². The van der Waals surface area contributed by atoms with Crippen molar-refractivity contribution in [3.63, 3.8) is 0 Å². The molecule has 0 aliphatic carbocycles. The highest BCUT2D eigenvalue weighted by molar-refractivity contribution is 5.90. The fraction of sp³-hybridized carbons (Fsp3) is 0.500. The van der Waals surface area contributed by atoms with E-state index in [1.807, 2.05) is 0 Å². The number of imidazole rings is 1. The normalized spacial score (nSPS) is 12.3. The van der Waals surface area contributed by atoms with Gasteiger partial charge in [-0.2, -0.15) is 0 Å². The molecule has 1 aromatic rings. The van der Waals surface area contributed by atoms with Gasteiger partial charge in [0.15, 0.2) is 10.8 Å². The van der Waals surface area contributed by atoms with E-state index >= 15 is 0 Å². The standard InChI is InChI=1S/C10H14N4O4/c1-10(2,3)9(15)18-12-8(14(16)17)7-5-11-6-13(7)4/h5-6H,1-4H3/b12-8-. The van der Waals surface area contributed by atoms with E-state index in [2.05, 4.69) is 15.0 Å². The molecule has 0 aliphatic rings. The zero-order chi connectivity index (χ0) is 13.9. The van der Waals surface area contributed by atoms with Crippen LogP contribution in [0.4, 0.5) is 0 Å². The van der Waals surface area contributed by atoms with Crippen molar-refractivity contribution < 1.29 is 14.6 Å². The van der Waals surface area contributed by atoms with Crippen LogP contribution in [0.1, 0.15) is 26.5 Å². The molecule has 0 N–H and O–H groups in total. The van der Waals surface area contributed by atoms with Crippen LogP contribution in [0.5, 0.6) is 0 Å². The third kappa shape index (κ3) is 3.12. The Balaban J connectivity index is 2.98. The first-order valence-corrected chi connectivity index (χ1v) is 5.14. The summed E-state index contributed by atoms with van der Waals surface area (Å²) in [6.07, 6.45) is 2.66. The van der Waals surface area contributed by atoms with Gasteiger partial charge >= 0.3 is 11.8 Å². The van der Waals surface area contributed by atoms with Crippen molar-refractivity contribution in [2.45, 2.75) is 20.8 Å². The fourth-order valence-corrected chi connectivity index (χ4v) is 0.968. The second kappa shape index (κ2) is 4.94. The summed E-state index contributed by atoms with van der Waals surface area (Å²) in [6.45, 7) is 4.88. The SMILES string of the molecule is Cn1cncc1/C(=N/OC(=O)C(C)(C)C)[N+](=O)[O-]. The molecule has 0 atom stereocenters. The molecule has 0 bridgehead atoms. The number of amidine groups is 1. The Bertz CT molecular complexity index is 498. The van der Waals surface area contributed by atoms with Crippen LogP contribution >= 0.6 is 0 Å². The molecule has 0 saturated carbocycles. The van der Waals surface area contributed by atoms with E-state index in [-0.39, 0.29) is 5.69 Å². The first-order chi connectivity index (χ1) is 8.23. The number of oxime groups is 1. The molecule has 0 aliphatic heterocycles. The lowest BCUT2D eigenvalue weighted by Gasteiger charge is -2.10. The molecule has 0 aromatic carbocycles. The maximum absolute atomic E-state index is 11.5. The third-order valence-corrected chi connectivity index (χ3v) is 2.05. The lowest BCUT2D eigenvalue weighted by atomic mass is 9.98. The van der Waals surface area contributed by atoms with Crippen LogP contribution in [0.3, 0.4) is 0 Å². The summed E-state index contributed by atoms with van der Waals surface area (Å²) in [7, 11) is 1.58. The van der Waals surface area contributed by atoms with E-state index in [1.165, 1.54) is 17.1 Å². The van der Waals surface area contributed by atoms with Gasteiger partial charge in [0, 0.05) is 7.05 Å². The lowest BCUT2D eigenvalue weighted by molar-refractivity contribution is -0.351. The number of nitro groups is 1. The van der Waals surface area contributed by atoms with Gasteiger partial charge in [-0.1, -0.05) is 0 Å². The number of hydrogen-bond acceptors (Lipinski definition) is 6. The molecule has 0 fully saturated rings. The van der Waals surface area contributed by atoms with Gasteiger partial charge in [-0.3, -0.25) is 0 Å². The zero-order valence-electron chi connectivity index (χ0n) is 10.6. The summed E-state index contributed by atoms with van der Waals surface area (Å²) >= 11 is 0. The Morgan fingerprint density at radius 1 is 1.56 bits per heavy atom. The summed E-state index contributed by atoms with van der Waals surface area (Å²) in [5.41, 5.74) is -0.626. The van der Waals surface area contributed by atoms with Crippen LogP contribution in [-0.2, 0) is 16.7 Å². The molecule has 0 amide bonds. The van der Waals surface area contributed by atoms with Gasteiger partial charge in [0.2, 0.25) is 0 Å². The van der Waals surface area contributed by atoms with Crippen molar-refractivity contribution in [3.8, 4) is 0 Å². The van der Waals surface area contributed by atoms with Crippen LogP contribution in [0.15, 0.2) is 17.7 Å². The average molecular weight is 254 g/mol. The molecule has 0 spiro atoms. The van der Waals surface area contributed by atoms with Gasteiger partial charge in [-0.25, -0.2) is 14.6 Å². The maximum Gasteiger partial charge on any atom is 0.435 e. The van der Waals surface area contributed by atoms with Gasteiger partial charge in [0.1, 0.15) is 0 Å². The molecule has 0 unspecified atom stereocenters. The molecule has 0 saturated heterocycles.